The summed E-state index contributed by atoms with van der Waals surface area (Å²) < 4.78 is 5.82. The molecule has 1 fully saturated rings. The normalized spacial score (nSPS) is 24.6. The van der Waals surface area contributed by atoms with Crippen molar-refractivity contribution in [3.8, 4) is 0 Å². The molecule has 2 atom stereocenters. The number of rotatable bonds is 3. The van der Waals surface area contributed by atoms with Gasteiger partial charge >= 0.3 is 0 Å². The molecule has 1 aromatic rings. The van der Waals surface area contributed by atoms with Crippen molar-refractivity contribution in [2.45, 2.75) is 51.9 Å². The maximum atomic E-state index is 12.2. The zero-order valence-corrected chi connectivity index (χ0v) is 11.2. The Kier molecular flexibility index (Phi) is 4.01. The highest BCUT2D eigenvalue weighted by molar-refractivity contribution is 5.92. The van der Waals surface area contributed by atoms with Crippen molar-refractivity contribution in [2.24, 2.45) is 0 Å². The molecule has 0 bridgehead atoms. The molecule has 100 valence electrons. The fourth-order valence-electron chi connectivity index (χ4n) is 2.47. The van der Waals surface area contributed by atoms with Crippen LogP contribution in [0.4, 0.5) is 0 Å². The van der Waals surface area contributed by atoms with Crippen molar-refractivity contribution >= 4 is 5.91 Å². The average molecular weight is 251 g/mol. The second-order valence-electron chi connectivity index (χ2n) is 5.15. The molecule has 2 rings (SSSR count). The molecule has 2 heterocycles. The second-order valence-corrected chi connectivity index (χ2v) is 5.15. The third kappa shape index (κ3) is 2.90. The lowest BCUT2D eigenvalue weighted by Gasteiger charge is -2.37. The van der Waals surface area contributed by atoms with Gasteiger partial charge in [0.1, 0.15) is 5.69 Å². The molecule has 0 aromatic carbocycles. The Balaban J connectivity index is 1.95. The smallest absolute Gasteiger partial charge is 0.272 e. The monoisotopic (exact) mass is 251 g/mol. The first kappa shape index (κ1) is 13.1. The topological polar surface area (TPSA) is 58.2 Å². The highest BCUT2D eigenvalue weighted by atomic mass is 16.5. The maximum absolute atomic E-state index is 12.2. The number of H-pyrrole nitrogens is 1. The summed E-state index contributed by atoms with van der Waals surface area (Å²) in [7, 11) is 0. The lowest BCUT2D eigenvalue weighted by molar-refractivity contribution is -0.0363. The van der Waals surface area contributed by atoms with E-state index in [1.165, 1.54) is 0 Å². The number of hydrogen-bond acceptors (Lipinski definition) is 3. The summed E-state index contributed by atoms with van der Waals surface area (Å²) in [5, 5.41) is 6.55. The standard InChI is InChI=1S/C13H21N3O2/c1-9(2)18-11-5-7-16(10(3)8-11)13(17)12-4-6-14-15-12/h4,6,9-11H,5,7-8H2,1-3H3,(H,14,15)/t10-,11-/m0/s1. The molecule has 18 heavy (non-hydrogen) atoms. The van der Waals surface area contributed by atoms with Crippen LogP contribution in [0.15, 0.2) is 12.3 Å². The lowest BCUT2D eigenvalue weighted by Crippen LogP contribution is -2.47. The summed E-state index contributed by atoms with van der Waals surface area (Å²) in [6.07, 6.45) is 3.93. The Morgan fingerprint density at radius 1 is 1.61 bits per heavy atom. The number of carbonyl (C=O) groups excluding carboxylic acids is 1. The van der Waals surface area contributed by atoms with E-state index in [1.54, 1.807) is 12.3 Å². The predicted molar refractivity (Wildman–Crippen MR) is 68.3 cm³/mol. The van der Waals surface area contributed by atoms with E-state index < -0.39 is 0 Å². The first-order chi connectivity index (χ1) is 8.58. The number of aromatic amines is 1. The Hall–Kier alpha value is -1.36. The first-order valence-electron chi connectivity index (χ1n) is 6.53. The third-order valence-electron chi connectivity index (χ3n) is 3.28. The molecule has 0 spiro atoms. The summed E-state index contributed by atoms with van der Waals surface area (Å²) in [5.41, 5.74) is 0.560. The molecule has 0 unspecified atom stereocenters. The van der Waals surface area contributed by atoms with Crippen molar-refractivity contribution in [3.05, 3.63) is 18.0 Å². The van der Waals surface area contributed by atoms with E-state index in [9.17, 15) is 4.79 Å². The fraction of sp³-hybridized carbons (Fsp3) is 0.692. The van der Waals surface area contributed by atoms with Crippen LogP contribution in [-0.2, 0) is 4.74 Å². The molecule has 1 aliphatic heterocycles. The second kappa shape index (κ2) is 5.52. The number of aromatic nitrogens is 2. The Morgan fingerprint density at radius 3 is 2.94 bits per heavy atom. The van der Waals surface area contributed by atoms with Crippen molar-refractivity contribution in [2.75, 3.05) is 6.54 Å². The number of piperidine rings is 1. The van der Waals surface area contributed by atoms with Crippen LogP contribution in [0.5, 0.6) is 0 Å². The van der Waals surface area contributed by atoms with Crippen LogP contribution in [0.1, 0.15) is 44.1 Å². The summed E-state index contributed by atoms with van der Waals surface area (Å²) in [5.74, 6) is 0.0306. The van der Waals surface area contributed by atoms with E-state index in [2.05, 4.69) is 17.1 Å². The number of ether oxygens (including phenoxy) is 1. The molecule has 0 aliphatic carbocycles. The lowest BCUT2D eigenvalue weighted by atomic mass is 10.00. The van der Waals surface area contributed by atoms with Gasteiger partial charge in [-0.05, 0) is 39.7 Å². The predicted octanol–water partition coefficient (Wildman–Crippen LogP) is 1.83. The summed E-state index contributed by atoms with van der Waals surface area (Å²) in [6, 6.07) is 1.92. The minimum absolute atomic E-state index is 0.0306. The number of nitrogens with one attached hydrogen (secondary N) is 1. The van der Waals surface area contributed by atoms with Crippen molar-refractivity contribution in [1.29, 1.82) is 0 Å². The maximum Gasteiger partial charge on any atom is 0.272 e. The van der Waals surface area contributed by atoms with E-state index in [0.29, 0.717) is 5.69 Å². The molecule has 1 saturated heterocycles. The molecule has 0 saturated carbocycles. The van der Waals surface area contributed by atoms with Crippen molar-refractivity contribution in [3.63, 3.8) is 0 Å². The molecule has 1 amide bonds. The van der Waals surface area contributed by atoms with E-state index in [0.717, 1.165) is 19.4 Å². The Labute approximate surface area is 108 Å². The number of likely N-dealkylation sites (tertiary alicyclic amines) is 1. The quantitative estimate of drug-likeness (QED) is 0.891. The van der Waals surface area contributed by atoms with Gasteiger partial charge in [-0.1, -0.05) is 0 Å². The van der Waals surface area contributed by atoms with Crippen LogP contribution in [0.3, 0.4) is 0 Å². The fourth-order valence-corrected chi connectivity index (χ4v) is 2.47. The Bertz CT molecular complexity index is 389. The van der Waals surface area contributed by atoms with Gasteiger partial charge in [0.25, 0.3) is 5.91 Å². The number of nitrogens with zero attached hydrogens (tertiary/aromatic N) is 2. The molecule has 0 radical (unpaired) electrons. The first-order valence-corrected chi connectivity index (χ1v) is 6.53. The largest absolute Gasteiger partial charge is 0.375 e. The molecule has 1 aromatic heterocycles. The van der Waals surface area contributed by atoms with Crippen molar-refractivity contribution in [1.82, 2.24) is 15.1 Å². The van der Waals surface area contributed by atoms with Gasteiger partial charge in [0, 0.05) is 18.8 Å². The average Bonchev–Trinajstić information content (AvgIpc) is 2.80. The van der Waals surface area contributed by atoms with Gasteiger partial charge in [-0.15, -0.1) is 0 Å². The molecular formula is C13H21N3O2. The van der Waals surface area contributed by atoms with Gasteiger partial charge < -0.3 is 9.64 Å². The minimum Gasteiger partial charge on any atom is -0.375 e. The highest BCUT2D eigenvalue weighted by Gasteiger charge is 2.30. The number of carbonyl (C=O) groups is 1. The summed E-state index contributed by atoms with van der Waals surface area (Å²) >= 11 is 0. The van der Waals surface area contributed by atoms with E-state index in [1.807, 2.05) is 18.7 Å². The van der Waals surface area contributed by atoms with Crippen LogP contribution in [0, 0.1) is 0 Å². The molecule has 1 aliphatic rings. The van der Waals surface area contributed by atoms with Gasteiger partial charge in [-0.2, -0.15) is 5.10 Å². The highest BCUT2D eigenvalue weighted by Crippen LogP contribution is 2.22. The SMILES string of the molecule is CC(C)O[C@H]1CCN(C(=O)c2ccn[nH]2)[C@@H](C)C1. The number of hydrogen-bond donors (Lipinski definition) is 1. The van der Waals surface area contributed by atoms with Gasteiger partial charge in [0.05, 0.1) is 12.2 Å². The van der Waals surface area contributed by atoms with Crippen LogP contribution in [0.2, 0.25) is 0 Å². The van der Waals surface area contributed by atoms with Crippen LogP contribution < -0.4 is 0 Å². The van der Waals surface area contributed by atoms with E-state index >= 15 is 0 Å². The minimum atomic E-state index is 0.0306. The molecule has 1 N–H and O–H groups in total. The van der Waals surface area contributed by atoms with Crippen LogP contribution in [-0.4, -0.2) is 45.8 Å². The zero-order chi connectivity index (χ0) is 13.1. The zero-order valence-electron chi connectivity index (χ0n) is 11.2. The molecular weight excluding hydrogens is 230 g/mol. The van der Waals surface area contributed by atoms with Gasteiger partial charge in [0.15, 0.2) is 0 Å². The van der Waals surface area contributed by atoms with Crippen molar-refractivity contribution < 1.29 is 9.53 Å². The Morgan fingerprint density at radius 2 is 2.39 bits per heavy atom. The van der Waals surface area contributed by atoms with E-state index in [4.69, 9.17) is 4.74 Å². The summed E-state index contributed by atoms with van der Waals surface area (Å²) in [4.78, 5) is 14.1. The van der Waals surface area contributed by atoms with Crippen LogP contribution in [0.25, 0.3) is 0 Å². The van der Waals surface area contributed by atoms with Crippen LogP contribution >= 0.6 is 0 Å². The van der Waals surface area contributed by atoms with Gasteiger partial charge in [-0.25, -0.2) is 0 Å². The summed E-state index contributed by atoms with van der Waals surface area (Å²) in [6.45, 7) is 6.92. The molecule has 5 heteroatoms. The van der Waals surface area contributed by atoms with Gasteiger partial charge in [-0.3, -0.25) is 9.89 Å². The number of amides is 1. The van der Waals surface area contributed by atoms with E-state index in [-0.39, 0.29) is 24.2 Å². The third-order valence-corrected chi connectivity index (χ3v) is 3.28. The molecule has 5 nitrogen and oxygen atoms in total. The van der Waals surface area contributed by atoms with Gasteiger partial charge in [0.2, 0.25) is 0 Å².